The van der Waals surface area contributed by atoms with Crippen LogP contribution in [0.15, 0.2) is 46.8 Å². The Labute approximate surface area is 163 Å². The van der Waals surface area contributed by atoms with Crippen LogP contribution in [0.4, 0.5) is 0 Å². The molecule has 3 rings (SSSR count). The van der Waals surface area contributed by atoms with E-state index in [-0.39, 0.29) is 0 Å². The maximum Gasteiger partial charge on any atom is 0.151 e. The molecule has 0 N–H and O–H groups in total. The topological polar surface area (TPSA) is 22.1 Å². The number of thioether (sulfide) groups is 1. The number of benzene rings is 2. The largest absolute Gasteiger partial charge is 0.494 e. The summed E-state index contributed by atoms with van der Waals surface area (Å²) in [7, 11) is 0. The highest BCUT2D eigenvalue weighted by Crippen LogP contribution is 2.33. The first-order valence-electron chi connectivity index (χ1n) is 7.71. The second-order valence-corrected chi connectivity index (χ2v) is 8.75. The number of thiazole rings is 1. The van der Waals surface area contributed by atoms with E-state index in [0.717, 1.165) is 51.2 Å². The van der Waals surface area contributed by atoms with Gasteiger partial charge >= 0.3 is 0 Å². The van der Waals surface area contributed by atoms with Gasteiger partial charge in [-0.25, -0.2) is 4.98 Å². The first kappa shape index (κ1) is 18.1. The first-order valence-corrected chi connectivity index (χ1v) is 11.0. The molecular weight excluding hydrogens is 426 g/mol. The number of hydrogen-bond donors (Lipinski definition) is 0. The number of unbranched alkanes of at least 4 members (excludes halogenated alkanes) is 1. The molecule has 0 aliphatic rings. The summed E-state index contributed by atoms with van der Waals surface area (Å²) in [5, 5.41) is 1.80. The summed E-state index contributed by atoms with van der Waals surface area (Å²) in [5.41, 5.74) is 2.28. The summed E-state index contributed by atoms with van der Waals surface area (Å²) in [6.45, 7) is 0.758. The van der Waals surface area contributed by atoms with E-state index in [2.05, 4.69) is 39.1 Å². The Kier molecular flexibility index (Phi) is 6.84. The maximum atomic E-state index is 5.92. The Bertz CT molecular complexity index is 791. The summed E-state index contributed by atoms with van der Waals surface area (Å²) in [5.74, 6) is 1.82. The minimum absolute atomic E-state index is 0.758. The molecule has 2 aromatic carbocycles. The summed E-state index contributed by atoms with van der Waals surface area (Å²) in [6, 6.07) is 14.1. The van der Waals surface area contributed by atoms with Gasteiger partial charge in [-0.2, -0.15) is 0 Å². The standard InChI is InChI=1S/C18H17BrClNOS2/c19-9-1-2-10-22-15-7-8-16-17(11-15)24-18(21-16)23-12-13-3-5-14(20)6-4-13/h3-8,11H,1-2,9-10,12H2. The van der Waals surface area contributed by atoms with Gasteiger partial charge in [0.25, 0.3) is 0 Å². The zero-order valence-electron chi connectivity index (χ0n) is 13.0. The molecule has 0 aliphatic carbocycles. The van der Waals surface area contributed by atoms with E-state index < -0.39 is 0 Å². The van der Waals surface area contributed by atoms with Gasteiger partial charge in [-0.3, -0.25) is 0 Å². The van der Waals surface area contributed by atoms with Gasteiger partial charge < -0.3 is 4.74 Å². The van der Waals surface area contributed by atoms with Crippen LogP contribution in [0.2, 0.25) is 5.02 Å². The quantitative estimate of drug-likeness (QED) is 0.218. The van der Waals surface area contributed by atoms with Crippen molar-refractivity contribution in [2.75, 3.05) is 11.9 Å². The summed E-state index contributed by atoms with van der Waals surface area (Å²) >= 11 is 12.8. The number of ether oxygens (including phenoxy) is 1. The molecule has 0 saturated heterocycles. The van der Waals surface area contributed by atoms with Crippen LogP contribution in [0, 0.1) is 0 Å². The Morgan fingerprint density at radius 2 is 1.96 bits per heavy atom. The van der Waals surface area contributed by atoms with Crippen molar-refractivity contribution in [3.8, 4) is 5.75 Å². The summed E-state index contributed by atoms with van der Waals surface area (Å²) in [6.07, 6.45) is 2.20. The predicted molar refractivity (Wildman–Crippen MR) is 109 cm³/mol. The summed E-state index contributed by atoms with van der Waals surface area (Å²) < 4.78 is 8.06. The predicted octanol–water partition coefficient (Wildman–Crippen LogP) is 6.80. The fourth-order valence-corrected chi connectivity index (χ4v) is 4.72. The highest BCUT2D eigenvalue weighted by Gasteiger charge is 2.06. The number of alkyl halides is 1. The van der Waals surface area contributed by atoms with Crippen LogP contribution in [-0.4, -0.2) is 16.9 Å². The molecule has 0 fully saturated rings. The average molecular weight is 443 g/mol. The number of nitrogens with zero attached hydrogens (tertiary/aromatic N) is 1. The van der Waals surface area contributed by atoms with Crippen LogP contribution in [-0.2, 0) is 5.75 Å². The van der Waals surface area contributed by atoms with Crippen LogP contribution < -0.4 is 4.74 Å². The number of rotatable bonds is 8. The van der Waals surface area contributed by atoms with Gasteiger partial charge in [0.2, 0.25) is 0 Å². The Morgan fingerprint density at radius 1 is 1.12 bits per heavy atom. The van der Waals surface area contributed by atoms with Crippen molar-refractivity contribution in [1.82, 2.24) is 4.98 Å². The van der Waals surface area contributed by atoms with E-state index >= 15 is 0 Å². The zero-order chi connectivity index (χ0) is 16.8. The molecule has 2 nitrogen and oxygen atoms in total. The molecule has 0 radical (unpaired) electrons. The van der Waals surface area contributed by atoms with Gasteiger partial charge in [-0.05, 0) is 48.7 Å². The lowest BCUT2D eigenvalue weighted by molar-refractivity contribution is 0.310. The van der Waals surface area contributed by atoms with Gasteiger partial charge in [0, 0.05) is 16.1 Å². The van der Waals surface area contributed by atoms with Crippen molar-refractivity contribution < 1.29 is 4.74 Å². The molecule has 6 heteroatoms. The number of halogens is 2. The van der Waals surface area contributed by atoms with Crippen molar-refractivity contribution in [2.45, 2.75) is 22.9 Å². The molecule has 0 saturated carbocycles. The third-order valence-electron chi connectivity index (χ3n) is 3.41. The van der Waals surface area contributed by atoms with Gasteiger partial charge in [0.1, 0.15) is 5.75 Å². The summed E-state index contributed by atoms with van der Waals surface area (Å²) in [4.78, 5) is 4.69. The van der Waals surface area contributed by atoms with Gasteiger partial charge in [-0.1, -0.05) is 51.4 Å². The highest BCUT2D eigenvalue weighted by molar-refractivity contribution is 9.09. The van der Waals surface area contributed by atoms with E-state index in [1.165, 1.54) is 10.3 Å². The van der Waals surface area contributed by atoms with E-state index in [0.29, 0.717) is 0 Å². The molecule has 0 aliphatic heterocycles. The van der Waals surface area contributed by atoms with Gasteiger partial charge in [0.05, 0.1) is 16.8 Å². The lowest BCUT2D eigenvalue weighted by Gasteiger charge is -2.04. The zero-order valence-corrected chi connectivity index (χ0v) is 17.0. The molecular formula is C18H17BrClNOS2. The normalized spacial score (nSPS) is 11.1. The monoisotopic (exact) mass is 441 g/mol. The van der Waals surface area contributed by atoms with E-state index in [4.69, 9.17) is 16.3 Å². The SMILES string of the molecule is Clc1ccc(CSc2nc3ccc(OCCCCBr)cc3s2)cc1. The van der Waals surface area contributed by atoms with Crippen molar-refractivity contribution in [1.29, 1.82) is 0 Å². The minimum atomic E-state index is 0.758. The van der Waals surface area contributed by atoms with Crippen LogP contribution in [0.25, 0.3) is 10.2 Å². The van der Waals surface area contributed by atoms with E-state index in [9.17, 15) is 0 Å². The molecule has 0 unspecified atom stereocenters. The lowest BCUT2D eigenvalue weighted by atomic mass is 10.2. The second kappa shape index (κ2) is 9.09. The number of fused-ring (bicyclic) bond motifs is 1. The molecule has 0 spiro atoms. The first-order chi connectivity index (χ1) is 11.7. The molecule has 1 aromatic heterocycles. The third-order valence-corrected chi connectivity index (χ3v) is 6.46. The van der Waals surface area contributed by atoms with E-state index in [1.807, 2.05) is 24.3 Å². The molecule has 24 heavy (non-hydrogen) atoms. The molecule has 3 aromatic rings. The van der Waals surface area contributed by atoms with Crippen molar-refractivity contribution in [3.63, 3.8) is 0 Å². The van der Waals surface area contributed by atoms with Crippen LogP contribution in [0.3, 0.4) is 0 Å². The van der Waals surface area contributed by atoms with Crippen LogP contribution in [0.5, 0.6) is 5.75 Å². The Balaban J connectivity index is 1.61. The van der Waals surface area contributed by atoms with Crippen molar-refractivity contribution in [3.05, 3.63) is 53.1 Å². The van der Waals surface area contributed by atoms with Gasteiger partial charge in [0.15, 0.2) is 4.34 Å². The fraction of sp³-hybridized carbons (Fsp3) is 0.278. The highest BCUT2D eigenvalue weighted by atomic mass is 79.9. The number of aromatic nitrogens is 1. The molecule has 0 bridgehead atoms. The molecule has 126 valence electrons. The molecule has 0 amide bonds. The molecule has 0 atom stereocenters. The number of hydrogen-bond acceptors (Lipinski definition) is 4. The second-order valence-electron chi connectivity index (χ2n) is 5.27. The maximum absolute atomic E-state index is 5.92. The van der Waals surface area contributed by atoms with Crippen LogP contribution in [0.1, 0.15) is 18.4 Å². The Morgan fingerprint density at radius 3 is 2.75 bits per heavy atom. The smallest absolute Gasteiger partial charge is 0.151 e. The minimum Gasteiger partial charge on any atom is -0.494 e. The Hall–Kier alpha value is -0.750. The van der Waals surface area contributed by atoms with E-state index in [1.54, 1.807) is 23.1 Å². The fourth-order valence-electron chi connectivity index (χ4n) is 2.15. The lowest BCUT2D eigenvalue weighted by Crippen LogP contribution is -1.97. The van der Waals surface area contributed by atoms with Gasteiger partial charge in [-0.15, -0.1) is 11.3 Å². The molecule has 1 heterocycles. The van der Waals surface area contributed by atoms with Crippen molar-refractivity contribution >= 4 is 60.8 Å². The average Bonchev–Trinajstić information content (AvgIpc) is 3.00. The van der Waals surface area contributed by atoms with Crippen molar-refractivity contribution in [2.24, 2.45) is 0 Å². The van der Waals surface area contributed by atoms with Crippen LogP contribution >= 0.6 is 50.6 Å². The third kappa shape index (κ3) is 5.12.